The molecule has 232 valence electrons. The van der Waals surface area contributed by atoms with Gasteiger partial charge in [-0.2, -0.15) is 0 Å². The number of carbonyl (C=O) groups is 2. The number of aliphatic imine (C=N–C) groups is 3. The summed E-state index contributed by atoms with van der Waals surface area (Å²) in [6.45, 7) is 14.3. The minimum Gasteiger partial charge on any atom is -0.510 e. The molecule has 2 unspecified atom stereocenters. The molecule has 0 aromatic rings. The zero-order valence-electron chi connectivity index (χ0n) is 26.8. The number of methoxy groups -OCH3 is 2. The molecule has 0 amide bonds. The van der Waals surface area contributed by atoms with E-state index in [2.05, 4.69) is 32.7 Å². The molecule has 0 saturated carbocycles. The maximum absolute atomic E-state index is 13.3. The van der Waals surface area contributed by atoms with Gasteiger partial charge in [0.25, 0.3) is 0 Å². The molecule has 1 fully saturated rings. The number of esters is 2. The van der Waals surface area contributed by atoms with Crippen LogP contribution in [0.2, 0.25) is 0 Å². The average Bonchev–Trinajstić information content (AvgIpc) is 3.76. The first kappa shape index (κ1) is 30.2. The van der Waals surface area contributed by atoms with Crippen molar-refractivity contribution in [3.8, 4) is 0 Å². The Labute approximate surface area is 263 Å². The second kappa shape index (κ2) is 11.3. The Morgan fingerprint density at radius 2 is 1.71 bits per heavy atom. The summed E-state index contributed by atoms with van der Waals surface area (Å²) in [5.41, 5.74) is 12.0. The number of aliphatic hydroxyl groups is 1. The third kappa shape index (κ3) is 4.64. The van der Waals surface area contributed by atoms with Crippen LogP contribution < -0.4 is 5.32 Å². The zero-order valence-corrected chi connectivity index (χ0v) is 26.8. The van der Waals surface area contributed by atoms with Crippen LogP contribution in [0, 0.1) is 17.8 Å². The standard InChI is InChI=1S/C36H38N4O5/c1-9-20-16(3)23-13-25-18(5)22(11-12-29(41)44-7)33(39-25)31-32(36(43)45-8)35(42)30-19(6)26(40-34(30)31)15-28-21(10-2)17(4)24(38-28)14-27(20)37-23/h9,13-15,18,22,32,39,42H,1,10-12H2,2-8H3/t18-,22?,32?/m0/s1. The molecule has 0 aromatic heterocycles. The van der Waals surface area contributed by atoms with Crippen LogP contribution in [0.15, 0.2) is 119 Å². The lowest BCUT2D eigenvalue weighted by atomic mass is 9.84. The summed E-state index contributed by atoms with van der Waals surface area (Å²) in [5.74, 6) is -2.33. The smallest absolute Gasteiger partial charge is 0.321 e. The molecule has 0 spiro atoms. The number of allylic oxidation sites excluding steroid dienone is 11. The van der Waals surface area contributed by atoms with Gasteiger partial charge in [0.2, 0.25) is 0 Å². The van der Waals surface area contributed by atoms with Crippen molar-refractivity contribution in [2.45, 2.75) is 53.9 Å². The minimum absolute atomic E-state index is 0.0802. The van der Waals surface area contributed by atoms with Crippen LogP contribution in [0.1, 0.15) is 53.9 Å². The molecule has 1 aliphatic carbocycles. The number of rotatable bonds is 6. The summed E-state index contributed by atoms with van der Waals surface area (Å²) in [7, 11) is 2.69. The van der Waals surface area contributed by atoms with Gasteiger partial charge in [0.15, 0.2) is 0 Å². The Kier molecular flexibility index (Phi) is 7.59. The summed E-state index contributed by atoms with van der Waals surface area (Å²) in [4.78, 5) is 40.7. The summed E-state index contributed by atoms with van der Waals surface area (Å²) in [5, 5.41) is 15.2. The number of aliphatic hydroxyl groups excluding tert-OH is 1. The second-order valence-electron chi connectivity index (χ2n) is 12.0. The van der Waals surface area contributed by atoms with Gasteiger partial charge >= 0.3 is 11.9 Å². The molecule has 45 heavy (non-hydrogen) atoms. The Balaban J connectivity index is 1.66. The maximum atomic E-state index is 13.3. The van der Waals surface area contributed by atoms with Crippen molar-refractivity contribution in [3.63, 3.8) is 0 Å². The fourth-order valence-electron chi connectivity index (χ4n) is 7.15. The summed E-state index contributed by atoms with van der Waals surface area (Å²) in [6, 6.07) is 0. The van der Waals surface area contributed by atoms with Crippen molar-refractivity contribution in [1.82, 2.24) is 5.32 Å². The van der Waals surface area contributed by atoms with E-state index < -0.39 is 11.9 Å². The molecule has 9 nitrogen and oxygen atoms in total. The topological polar surface area (TPSA) is 122 Å². The van der Waals surface area contributed by atoms with Crippen LogP contribution in [0.25, 0.3) is 0 Å². The quantitative estimate of drug-likeness (QED) is 0.348. The fraction of sp³-hybridized carbons (Fsp3) is 0.361. The second-order valence-corrected chi connectivity index (χ2v) is 12.0. The molecule has 5 aliphatic heterocycles. The van der Waals surface area contributed by atoms with Crippen molar-refractivity contribution in [2.24, 2.45) is 32.7 Å². The fourth-order valence-corrected chi connectivity index (χ4v) is 7.15. The lowest BCUT2D eigenvalue weighted by molar-refractivity contribution is -0.143. The van der Waals surface area contributed by atoms with Gasteiger partial charge in [-0.05, 0) is 74.1 Å². The van der Waals surface area contributed by atoms with Gasteiger partial charge in [0, 0.05) is 46.4 Å². The number of hydrogen-bond donors (Lipinski definition) is 2. The average molecular weight is 607 g/mol. The number of fused-ring (bicyclic) bond motifs is 5. The SMILES string of the molecule is C=CC1=C(C)C2=NC1=CC1=NC(=CC3=C(C)C4=C(O)C(C(=O)OC)C(=C5NC(=C2)[C@@H](C)C5CCC(=O)OC)C4=N3)C(CC)=C1C. The Bertz CT molecular complexity index is 1830. The highest BCUT2D eigenvalue weighted by atomic mass is 16.5. The monoisotopic (exact) mass is 606 g/mol. The number of nitrogens with one attached hydrogen (secondary N) is 1. The van der Waals surface area contributed by atoms with Gasteiger partial charge in [-0.25, -0.2) is 15.0 Å². The molecule has 5 heterocycles. The van der Waals surface area contributed by atoms with Gasteiger partial charge in [0.1, 0.15) is 11.7 Å². The van der Waals surface area contributed by atoms with Crippen molar-refractivity contribution in [2.75, 3.05) is 14.2 Å². The highest BCUT2D eigenvalue weighted by Crippen LogP contribution is 2.49. The van der Waals surface area contributed by atoms with Crippen LogP contribution >= 0.6 is 0 Å². The van der Waals surface area contributed by atoms with Crippen molar-refractivity contribution < 1.29 is 24.2 Å². The number of nitrogens with zero attached hydrogens (tertiary/aromatic N) is 3. The van der Waals surface area contributed by atoms with Crippen LogP contribution in [0.3, 0.4) is 0 Å². The summed E-state index contributed by atoms with van der Waals surface area (Å²) in [6.07, 6.45) is 9.25. The van der Waals surface area contributed by atoms with Crippen LogP contribution in [0.5, 0.6) is 0 Å². The first-order chi connectivity index (χ1) is 21.5. The molecule has 3 atom stereocenters. The largest absolute Gasteiger partial charge is 0.510 e. The number of ether oxygens (including phenoxy) is 2. The van der Waals surface area contributed by atoms with Crippen LogP contribution in [-0.2, 0) is 19.1 Å². The maximum Gasteiger partial charge on any atom is 0.321 e. The molecular weight excluding hydrogens is 568 g/mol. The van der Waals surface area contributed by atoms with E-state index in [1.165, 1.54) is 14.2 Å². The molecule has 1 saturated heterocycles. The Morgan fingerprint density at radius 1 is 1.00 bits per heavy atom. The van der Waals surface area contributed by atoms with Crippen LogP contribution in [-0.4, -0.2) is 48.4 Å². The van der Waals surface area contributed by atoms with Gasteiger partial charge in [0.05, 0.1) is 48.4 Å². The Hall–Kier alpha value is -4.79. The highest BCUT2D eigenvalue weighted by molar-refractivity contribution is 6.24. The van der Waals surface area contributed by atoms with E-state index in [9.17, 15) is 14.7 Å². The Morgan fingerprint density at radius 3 is 2.38 bits per heavy atom. The van der Waals surface area contributed by atoms with Gasteiger partial charge in [-0.3, -0.25) is 9.59 Å². The van der Waals surface area contributed by atoms with Gasteiger partial charge in [-0.1, -0.05) is 26.5 Å². The molecule has 6 aliphatic rings. The third-order valence-corrected chi connectivity index (χ3v) is 9.75. The lowest BCUT2D eigenvalue weighted by Crippen LogP contribution is -2.25. The molecular formula is C36H38N4O5. The first-order valence-electron chi connectivity index (χ1n) is 15.3. The molecule has 0 aromatic carbocycles. The normalized spacial score (nSPS) is 25.3. The van der Waals surface area contributed by atoms with E-state index in [1.807, 2.05) is 38.2 Å². The van der Waals surface area contributed by atoms with E-state index in [4.69, 9.17) is 24.5 Å². The van der Waals surface area contributed by atoms with Crippen molar-refractivity contribution in [1.29, 1.82) is 0 Å². The minimum atomic E-state index is -1.06. The lowest BCUT2D eigenvalue weighted by Gasteiger charge is -2.20. The van der Waals surface area contributed by atoms with Gasteiger partial charge in [-0.15, -0.1) is 0 Å². The molecule has 6 rings (SSSR count). The van der Waals surface area contributed by atoms with Crippen molar-refractivity contribution in [3.05, 3.63) is 104 Å². The molecule has 0 radical (unpaired) electrons. The van der Waals surface area contributed by atoms with E-state index in [0.29, 0.717) is 29.0 Å². The molecule has 2 N–H and O–H groups in total. The predicted molar refractivity (Wildman–Crippen MR) is 174 cm³/mol. The van der Waals surface area contributed by atoms with E-state index >= 15 is 0 Å². The first-order valence-corrected chi connectivity index (χ1v) is 15.3. The van der Waals surface area contributed by atoms with E-state index in [1.54, 1.807) is 0 Å². The van der Waals surface area contributed by atoms with E-state index in [0.717, 1.165) is 68.5 Å². The molecule has 9 heteroatoms. The molecule has 8 bridgehead atoms. The predicted octanol–water partition coefficient (Wildman–Crippen LogP) is 6.20. The third-order valence-electron chi connectivity index (χ3n) is 9.75. The summed E-state index contributed by atoms with van der Waals surface area (Å²) < 4.78 is 10.2. The van der Waals surface area contributed by atoms with Crippen LogP contribution in [0.4, 0.5) is 0 Å². The highest BCUT2D eigenvalue weighted by Gasteiger charge is 2.49. The van der Waals surface area contributed by atoms with Gasteiger partial charge < -0.3 is 19.9 Å². The van der Waals surface area contributed by atoms with Crippen molar-refractivity contribution >= 4 is 29.1 Å². The van der Waals surface area contributed by atoms with E-state index in [-0.39, 0.29) is 30.0 Å². The number of hydrogen-bond acceptors (Lipinski definition) is 9. The summed E-state index contributed by atoms with van der Waals surface area (Å²) >= 11 is 0. The zero-order chi connectivity index (χ0) is 32.3. The number of carbonyl (C=O) groups excluding carboxylic acids is 2.